The van der Waals surface area contributed by atoms with Crippen molar-refractivity contribution in [2.24, 2.45) is 0 Å². The number of benzene rings is 1. The molecule has 1 amide bonds. The predicted molar refractivity (Wildman–Crippen MR) is 76.4 cm³/mol. The van der Waals surface area contributed by atoms with Gasteiger partial charge in [-0.05, 0) is 31.0 Å². The van der Waals surface area contributed by atoms with E-state index in [9.17, 15) is 4.79 Å². The number of hydrogen-bond acceptors (Lipinski definition) is 3. The minimum atomic E-state index is -0.554. The van der Waals surface area contributed by atoms with Gasteiger partial charge < -0.3 is 35.6 Å². The van der Waals surface area contributed by atoms with E-state index < -0.39 is 5.91 Å². The van der Waals surface area contributed by atoms with Gasteiger partial charge in [-0.3, -0.25) is 10.7 Å². The number of hydrogen-bond donors (Lipinski definition) is 1. The van der Waals surface area contributed by atoms with E-state index in [1.54, 1.807) is 11.9 Å². The number of anilines is 1. The molecule has 7 heteroatoms. The van der Waals surface area contributed by atoms with E-state index in [0.717, 1.165) is 11.1 Å². The normalized spacial score (nSPS) is 8.32. The van der Waals surface area contributed by atoms with E-state index >= 15 is 0 Å². The van der Waals surface area contributed by atoms with Crippen LogP contribution in [0.3, 0.4) is 0 Å². The molecule has 0 bridgehead atoms. The van der Waals surface area contributed by atoms with Crippen molar-refractivity contribution in [3.8, 4) is 0 Å². The monoisotopic (exact) mass is 308 g/mol. The number of amides is 1. The quantitative estimate of drug-likeness (QED) is 0.206. The second-order valence-electron chi connectivity index (χ2n) is 3.48. The number of carbonyl (C=O) groups is 1. The molecule has 1 aromatic rings. The molecule has 1 aromatic carbocycles. The number of nitrogens with one attached hydrogen (secondary N) is 1. The van der Waals surface area contributed by atoms with Crippen molar-refractivity contribution in [3.63, 3.8) is 0 Å². The second-order valence-corrected chi connectivity index (χ2v) is 4.55. The minimum absolute atomic E-state index is 0. The zero-order valence-corrected chi connectivity index (χ0v) is 17.0. The van der Waals surface area contributed by atoms with Crippen molar-refractivity contribution in [3.05, 3.63) is 40.3 Å². The molecule has 3 nitrogen and oxygen atoms in total. The second kappa shape index (κ2) is 10.2. The topological polar surface area (TPSA) is 51.4 Å². The first kappa shape index (κ1) is 21.7. The average Bonchev–Trinajstić information content (AvgIpc) is 2.25. The van der Waals surface area contributed by atoms with Crippen LogP contribution in [0, 0.1) is 13.8 Å². The SMILES string of the molecule is Cc1cccc(NC(=O)C(=C=[N-])C(=S)[S-])c1C.[Na+].[Na+]. The van der Waals surface area contributed by atoms with Gasteiger partial charge in [0.2, 0.25) is 0 Å². The van der Waals surface area contributed by atoms with Gasteiger partial charge in [0.05, 0.1) is 0 Å². The van der Waals surface area contributed by atoms with Crippen molar-refractivity contribution in [1.29, 1.82) is 0 Å². The molecule has 0 spiro atoms. The van der Waals surface area contributed by atoms with Crippen LogP contribution >= 0.6 is 12.2 Å². The van der Waals surface area contributed by atoms with Gasteiger partial charge in [0.15, 0.2) is 0 Å². The van der Waals surface area contributed by atoms with Gasteiger partial charge in [-0.25, -0.2) is 0 Å². The van der Waals surface area contributed by atoms with Crippen molar-refractivity contribution in [1.82, 2.24) is 0 Å². The number of rotatable bonds is 3. The van der Waals surface area contributed by atoms with E-state index in [2.05, 4.69) is 30.2 Å². The zero-order valence-electron chi connectivity index (χ0n) is 11.4. The number of nitrogens with zero attached hydrogens (tertiary/aromatic N) is 1. The Kier molecular flexibility index (Phi) is 11.7. The van der Waals surface area contributed by atoms with Crippen LogP contribution in [0.15, 0.2) is 23.8 Å². The molecule has 88 valence electrons. The van der Waals surface area contributed by atoms with Gasteiger partial charge in [0.1, 0.15) is 0 Å². The van der Waals surface area contributed by atoms with Crippen LogP contribution in [0.1, 0.15) is 11.1 Å². The third-order valence-corrected chi connectivity index (χ3v) is 2.80. The molecule has 0 fully saturated rings. The van der Waals surface area contributed by atoms with Crippen molar-refractivity contribution < 1.29 is 63.9 Å². The number of thiocarbonyl (C=S) groups is 1. The summed E-state index contributed by atoms with van der Waals surface area (Å²) in [5.41, 5.74) is 2.47. The van der Waals surface area contributed by atoms with Crippen molar-refractivity contribution in [2.45, 2.75) is 13.8 Å². The van der Waals surface area contributed by atoms with Crippen LogP contribution in [0.4, 0.5) is 5.69 Å². The first-order valence-electron chi connectivity index (χ1n) is 4.83. The Balaban J connectivity index is 0. The smallest absolute Gasteiger partial charge is 0.763 e. The molecule has 0 aliphatic carbocycles. The molecule has 1 rings (SSSR count). The molecule has 1 N–H and O–H groups in total. The summed E-state index contributed by atoms with van der Waals surface area (Å²) in [6, 6.07) is 5.54. The van der Waals surface area contributed by atoms with Crippen molar-refractivity contribution >= 4 is 46.5 Å². The Bertz CT molecular complexity index is 541. The van der Waals surface area contributed by atoms with Crippen molar-refractivity contribution in [2.75, 3.05) is 5.32 Å². The minimum Gasteiger partial charge on any atom is -0.763 e. The molecule has 0 unspecified atom stereocenters. The summed E-state index contributed by atoms with van der Waals surface area (Å²) in [5, 5.41) is 11.4. The van der Waals surface area contributed by atoms with E-state index in [0.29, 0.717) is 5.69 Å². The Hall–Kier alpha value is 0.450. The molecule has 0 aliphatic heterocycles. The van der Waals surface area contributed by atoms with Gasteiger partial charge in [-0.2, -0.15) is 0 Å². The molecule has 0 saturated heterocycles. The van der Waals surface area contributed by atoms with Crippen LogP contribution in [-0.2, 0) is 17.4 Å². The maximum atomic E-state index is 11.7. The summed E-state index contributed by atoms with van der Waals surface area (Å²) in [6.45, 7) is 3.83. The van der Waals surface area contributed by atoms with E-state index in [1.807, 2.05) is 26.0 Å². The summed E-state index contributed by atoms with van der Waals surface area (Å²) in [5.74, 6) is 1.16. The van der Waals surface area contributed by atoms with E-state index in [1.165, 1.54) is 0 Å². The molecule has 0 radical (unpaired) electrons. The molecule has 0 aromatic heterocycles. The summed E-state index contributed by atoms with van der Waals surface area (Å²) < 4.78 is -0.115. The zero-order chi connectivity index (χ0) is 13.0. The van der Waals surface area contributed by atoms with Crippen LogP contribution < -0.4 is 64.4 Å². The molecular formula is C12H10N2Na2OS2. The molecule has 0 aliphatic rings. The van der Waals surface area contributed by atoms with Crippen LogP contribution in [0.5, 0.6) is 0 Å². The summed E-state index contributed by atoms with van der Waals surface area (Å²) >= 11 is 9.32. The standard InChI is InChI=1S/C12H11N2OS2.2Na/c1-7-4-3-5-10(8(7)2)14-11(15)9(6-13)12(16)17;;/h3-5H,1-2H3,(H,14,15)(H,16,17);;/q-1;2*+1/p-1. The first-order valence-corrected chi connectivity index (χ1v) is 5.65. The maximum absolute atomic E-state index is 11.7. The molecule has 0 saturated carbocycles. The van der Waals surface area contributed by atoms with Gasteiger partial charge in [-0.1, -0.05) is 12.1 Å². The van der Waals surface area contributed by atoms with Gasteiger partial charge in [0.25, 0.3) is 5.91 Å². The van der Waals surface area contributed by atoms with Crippen LogP contribution in [0.2, 0.25) is 0 Å². The van der Waals surface area contributed by atoms with E-state index in [-0.39, 0.29) is 68.9 Å². The average molecular weight is 308 g/mol. The summed E-state index contributed by atoms with van der Waals surface area (Å²) in [4.78, 5) is 11.7. The fraction of sp³-hybridized carbons (Fsp3) is 0.167. The molecule has 0 heterocycles. The third-order valence-electron chi connectivity index (χ3n) is 2.40. The number of aryl methyl sites for hydroxylation is 1. The summed E-state index contributed by atoms with van der Waals surface area (Å²) in [6.07, 6.45) is 0. The Labute approximate surface area is 168 Å². The van der Waals surface area contributed by atoms with Gasteiger partial charge >= 0.3 is 59.1 Å². The Morgan fingerprint density at radius 3 is 2.42 bits per heavy atom. The van der Waals surface area contributed by atoms with Crippen LogP contribution in [-0.4, -0.2) is 16.0 Å². The number of carbonyl (C=O) groups excluding carboxylic acids is 1. The Morgan fingerprint density at radius 2 is 1.95 bits per heavy atom. The predicted octanol–water partition coefficient (Wildman–Crippen LogP) is -3.71. The summed E-state index contributed by atoms with van der Waals surface area (Å²) in [7, 11) is 0. The third kappa shape index (κ3) is 6.17. The van der Waals surface area contributed by atoms with E-state index in [4.69, 9.17) is 5.41 Å². The largest absolute Gasteiger partial charge is 1.00 e. The first-order chi connectivity index (χ1) is 7.97. The maximum Gasteiger partial charge on any atom is 1.00 e. The van der Waals surface area contributed by atoms with Crippen LogP contribution in [0.25, 0.3) is 5.41 Å². The molecule has 19 heavy (non-hydrogen) atoms. The fourth-order valence-electron chi connectivity index (χ4n) is 1.26. The molecule has 0 atom stereocenters. The molecular weight excluding hydrogens is 298 g/mol. The Morgan fingerprint density at radius 1 is 1.37 bits per heavy atom. The van der Waals surface area contributed by atoms with Gasteiger partial charge in [0, 0.05) is 11.3 Å². The fourth-order valence-corrected chi connectivity index (χ4v) is 1.54. The van der Waals surface area contributed by atoms with Gasteiger partial charge in [-0.15, -0.1) is 4.20 Å².